The summed E-state index contributed by atoms with van der Waals surface area (Å²) in [7, 11) is -7.22. The summed E-state index contributed by atoms with van der Waals surface area (Å²) in [4.78, 5) is 9.67. The average molecular weight is 334 g/mol. The van der Waals surface area contributed by atoms with Crippen LogP contribution in [0.4, 0.5) is 35.1 Å². The van der Waals surface area contributed by atoms with Gasteiger partial charge in [0.15, 0.2) is 0 Å². The van der Waals surface area contributed by atoms with Gasteiger partial charge in [0.1, 0.15) is 0 Å². The van der Waals surface area contributed by atoms with Gasteiger partial charge >= 0.3 is 58.0 Å². The Morgan fingerprint density at radius 2 is 1.15 bits per heavy atom. The van der Waals surface area contributed by atoms with E-state index in [-0.39, 0.29) is 18.9 Å². The summed E-state index contributed by atoms with van der Waals surface area (Å²) >= 11 is 0. The van der Waals surface area contributed by atoms with Crippen molar-refractivity contribution in [1.29, 1.82) is 0 Å². The quantitative estimate of drug-likeness (QED) is 0.441. The number of alkyl halides is 8. The van der Waals surface area contributed by atoms with E-state index < -0.39 is 39.1 Å². The third-order valence-corrected chi connectivity index (χ3v) is 2.65. The zero-order valence-corrected chi connectivity index (χ0v) is 8.87. The second kappa shape index (κ2) is 5.32. The molecule has 0 atom stereocenters. The summed E-state index contributed by atoms with van der Waals surface area (Å²) in [6.45, 7) is 0. The van der Waals surface area contributed by atoms with Crippen LogP contribution in [-0.2, 0) is 14.9 Å². The van der Waals surface area contributed by atoms with Crippen LogP contribution in [-0.4, -0.2) is 65.9 Å². The van der Waals surface area contributed by atoms with Crippen molar-refractivity contribution in [2.75, 3.05) is 0 Å². The van der Waals surface area contributed by atoms with E-state index in [9.17, 15) is 48.3 Å². The zero-order chi connectivity index (χ0) is 16.1. The Hall–Kier alpha value is -0.583. The SMILES string of the molecule is O=C(O)C(F)(F)C(F)(F)C(F)(F)C(F)(F)S(=O)(=O)O.[LiH]. The van der Waals surface area contributed by atoms with E-state index in [0.717, 1.165) is 0 Å². The summed E-state index contributed by atoms with van der Waals surface area (Å²) in [6, 6.07) is 0. The van der Waals surface area contributed by atoms with Gasteiger partial charge in [0.2, 0.25) is 0 Å². The molecular weight excluding hydrogens is 331 g/mol. The number of carboxylic acids is 1. The Morgan fingerprint density at radius 1 is 0.850 bits per heavy atom. The van der Waals surface area contributed by atoms with Crippen molar-refractivity contribution in [1.82, 2.24) is 0 Å². The van der Waals surface area contributed by atoms with Crippen LogP contribution in [0.15, 0.2) is 0 Å². The van der Waals surface area contributed by atoms with Gasteiger partial charge in [0.05, 0.1) is 0 Å². The fourth-order valence-electron chi connectivity index (χ4n) is 0.676. The molecule has 20 heavy (non-hydrogen) atoms. The normalized spacial score (nSPS) is 14.7. The maximum absolute atomic E-state index is 12.5. The van der Waals surface area contributed by atoms with E-state index in [1.54, 1.807) is 0 Å². The Morgan fingerprint density at radius 3 is 1.35 bits per heavy atom. The van der Waals surface area contributed by atoms with Gasteiger partial charge in [-0.3, -0.25) is 4.55 Å². The molecule has 0 spiro atoms. The molecule has 0 amide bonds. The van der Waals surface area contributed by atoms with Crippen molar-refractivity contribution >= 4 is 34.9 Å². The number of hydrogen-bond donors (Lipinski definition) is 2. The van der Waals surface area contributed by atoms with Crippen LogP contribution in [0.1, 0.15) is 0 Å². The molecule has 0 aliphatic heterocycles. The van der Waals surface area contributed by atoms with Gasteiger partial charge in [-0.15, -0.1) is 0 Å². The second-order valence-electron chi connectivity index (χ2n) is 3.02. The van der Waals surface area contributed by atoms with E-state index in [4.69, 9.17) is 9.66 Å². The minimum atomic E-state index is -7.39. The van der Waals surface area contributed by atoms with Gasteiger partial charge in [0.25, 0.3) is 0 Å². The molecule has 116 valence electrons. The third kappa shape index (κ3) is 2.74. The molecule has 0 aliphatic carbocycles. The Bertz CT molecular complexity index is 487. The van der Waals surface area contributed by atoms with Crippen molar-refractivity contribution in [3.8, 4) is 0 Å². The predicted molar refractivity (Wildman–Crippen MR) is 46.1 cm³/mol. The molecule has 0 fully saturated rings. The van der Waals surface area contributed by atoms with Crippen LogP contribution in [0.3, 0.4) is 0 Å². The summed E-state index contributed by atoms with van der Waals surface area (Å²) in [6.07, 6.45) is 0. The van der Waals surface area contributed by atoms with Crippen LogP contribution in [0.5, 0.6) is 0 Å². The number of aliphatic carboxylic acids is 1. The first-order chi connectivity index (χ1) is 7.94. The predicted octanol–water partition coefficient (Wildman–Crippen LogP) is 0.809. The number of rotatable bonds is 5. The van der Waals surface area contributed by atoms with E-state index in [1.165, 1.54) is 0 Å². The molecule has 0 heterocycles. The average Bonchev–Trinajstić information content (AvgIpc) is 2.14. The van der Waals surface area contributed by atoms with Crippen molar-refractivity contribution in [2.24, 2.45) is 0 Å². The van der Waals surface area contributed by atoms with Crippen molar-refractivity contribution < 1.29 is 58.0 Å². The third-order valence-electron chi connectivity index (χ3n) is 1.75. The molecule has 0 aromatic rings. The maximum atomic E-state index is 12.5. The fourth-order valence-corrected chi connectivity index (χ4v) is 1.13. The van der Waals surface area contributed by atoms with Crippen LogP contribution in [0.2, 0.25) is 0 Å². The van der Waals surface area contributed by atoms with Crippen LogP contribution in [0.25, 0.3) is 0 Å². The van der Waals surface area contributed by atoms with Gasteiger partial charge in [-0.05, 0) is 0 Å². The second-order valence-corrected chi connectivity index (χ2v) is 4.48. The first-order valence-corrected chi connectivity index (χ1v) is 5.10. The van der Waals surface area contributed by atoms with E-state index in [1.807, 2.05) is 0 Å². The molecule has 0 aromatic heterocycles. The first-order valence-electron chi connectivity index (χ1n) is 3.66. The summed E-state index contributed by atoms with van der Waals surface area (Å²) in [5.41, 5.74) is 0. The van der Waals surface area contributed by atoms with Crippen LogP contribution < -0.4 is 0 Å². The molecule has 0 aliphatic rings. The number of carboxylic acid groups (broad SMARTS) is 1. The monoisotopic (exact) mass is 334 g/mol. The van der Waals surface area contributed by atoms with Gasteiger partial charge in [-0.25, -0.2) is 4.79 Å². The van der Waals surface area contributed by atoms with Gasteiger partial charge < -0.3 is 5.11 Å². The van der Waals surface area contributed by atoms with Crippen molar-refractivity contribution in [2.45, 2.75) is 23.0 Å². The first kappa shape index (κ1) is 21.7. The molecule has 0 saturated carbocycles. The molecule has 5 nitrogen and oxygen atoms in total. The molecule has 15 heteroatoms. The molecular formula is C5H3F8LiO5S. The van der Waals surface area contributed by atoms with E-state index in [0.29, 0.717) is 0 Å². The van der Waals surface area contributed by atoms with Gasteiger partial charge in [-0.1, -0.05) is 0 Å². The summed E-state index contributed by atoms with van der Waals surface area (Å²) < 4.78 is 127. The Kier molecular flexibility index (Phi) is 5.77. The fraction of sp³-hybridized carbons (Fsp3) is 0.800. The van der Waals surface area contributed by atoms with E-state index >= 15 is 0 Å². The molecule has 0 unspecified atom stereocenters. The van der Waals surface area contributed by atoms with Gasteiger partial charge in [0, 0.05) is 0 Å². The molecule has 0 bridgehead atoms. The van der Waals surface area contributed by atoms with Crippen LogP contribution >= 0.6 is 0 Å². The topological polar surface area (TPSA) is 91.7 Å². The number of hydrogen-bond acceptors (Lipinski definition) is 3. The zero-order valence-electron chi connectivity index (χ0n) is 8.05. The molecule has 0 radical (unpaired) electrons. The standard InChI is InChI=1S/C5H2F8O5S.Li.H/c6-2(7,1(14)15)3(8,9)4(10,11)5(12,13)19(16,17)18;;/h(H,14,15)(H,16,17,18);;. The minimum absolute atomic E-state index is 0. The van der Waals surface area contributed by atoms with Crippen molar-refractivity contribution in [3.05, 3.63) is 0 Å². The molecule has 0 rings (SSSR count). The van der Waals surface area contributed by atoms with Crippen LogP contribution in [0, 0.1) is 0 Å². The number of carbonyl (C=O) groups is 1. The summed E-state index contributed by atoms with van der Waals surface area (Å²) in [5.74, 6) is -25.3. The van der Waals surface area contributed by atoms with E-state index in [2.05, 4.69) is 0 Å². The number of halogens is 8. The molecule has 0 saturated heterocycles. The molecule has 0 aromatic carbocycles. The van der Waals surface area contributed by atoms with Gasteiger partial charge in [-0.2, -0.15) is 43.5 Å². The molecule has 2 N–H and O–H groups in total. The Labute approximate surface area is 116 Å². The summed E-state index contributed by atoms with van der Waals surface area (Å²) in [5, 5.41) is 0.549. The van der Waals surface area contributed by atoms with Crippen molar-refractivity contribution in [3.63, 3.8) is 0 Å². The Balaban J connectivity index is 0.